The highest BCUT2D eigenvalue weighted by molar-refractivity contribution is 8.00. The van der Waals surface area contributed by atoms with Crippen molar-refractivity contribution in [1.82, 2.24) is 0 Å². The van der Waals surface area contributed by atoms with Crippen molar-refractivity contribution in [2.45, 2.75) is 55.2 Å². The van der Waals surface area contributed by atoms with Crippen LogP contribution in [0.2, 0.25) is 0 Å². The van der Waals surface area contributed by atoms with Crippen molar-refractivity contribution in [1.29, 1.82) is 0 Å². The smallest absolute Gasteiger partial charge is 0.0140 e. The largest absolute Gasteiger partial charge is 0.328 e. The van der Waals surface area contributed by atoms with Crippen LogP contribution in [0.4, 0.5) is 0 Å². The molecule has 1 aliphatic heterocycles. The Kier molecular flexibility index (Phi) is 2.95. The number of fused-ring (bicyclic) bond motifs is 1. The fourth-order valence-electron chi connectivity index (χ4n) is 3.47. The van der Waals surface area contributed by atoms with Crippen molar-refractivity contribution in [3.8, 4) is 0 Å². The summed E-state index contributed by atoms with van der Waals surface area (Å²) in [6, 6.07) is 9.32. The molecule has 1 aromatic carbocycles. The SMILES string of the molecule is CC1(CC2Cc3ccccc3S2)CCC(N)C1. The van der Waals surface area contributed by atoms with E-state index in [1.165, 1.54) is 37.0 Å². The predicted molar refractivity (Wildman–Crippen MR) is 74.3 cm³/mol. The van der Waals surface area contributed by atoms with Crippen LogP contribution in [0.1, 0.15) is 38.2 Å². The lowest BCUT2D eigenvalue weighted by atomic mass is 9.82. The molecule has 1 fully saturated rings. The molecular weight excluding hydrogens is 226 g/mol. The van der Waals surface area contributed by atoms with Gasteiger partial charge in [0.15, 0.2) is 0 Å². The summed E-state index contributed by atoms with van der Waals surface area (Å²) in [6.45, 7) is 2.43. The molecule has 2 N–H and O–H groups in total. The molecule has 0 radical (unpaired) electrons. The van der Waals surface area contributed by atoms with E-state index in [2.05, 4.69) is 43.0 Å². The van der Waals surface area contributed by atoms with E-state index >= 15 is 0 Å². The summed E-state index contributed by atoms with van der Waals surface area (Å²) in [5.41, 5.74) is 8.11. The Morgan fingerprint density at radius 2 is 2.24 bits per heavy atom. The summed E-state index contributed by atoms with van der Waals surface area (Å²) in [6.07, 6.45) is 6.36. The first-order chi connectivity index (χ1) is 8.15. The zero-order chi connectivity index (χ0) is 11.9. The maximum absolute atomic E-state index is 6.06. The second-order valence-electron chi connectivity index (χ2n) is 6.07. The van der Waals surface area contributed by atoms with Crippen LogP contribution in [0.3, 0.4) is 0 Å². The van der Waals surface area contributed by atoms with Crippen molar-refractivity contribution in [3.63, 3.8) is 0 Å². The fourth-order valence-corrected chi connectivity index (χ4v) is 5.04. The quantitative estimate of drug-likeness (QED) is 0.864. The average Bonchev–Trinajstić information content (AvgIpc) is 2.81. The molecule has 1 saturated carbocycles. The van der Waals surface area contributed by atoms with E-state index in [9.17, 15) is 0 Å². The van der Waals surface area contributed by atoms with Crippen LogP contribution < -0.4 is 5.73 Å². The van der Waals surface area contributed by atoms with E-state index in [4.69, 9.17) is 5.73 Å². The molecule has 3 unspecified atom stereocenters. The molecule has 17 heavy (non-hydrogen) atoms. The van der Waals surface area contributed by atoms with E-state index in [-0.39, 0.29) is 0 Å². The molecule has 0 saturated heterocycles. The lowest BCUT2D eigenvalue weighted by molar-refractivity contribution is 0.301. The summed E-state index contributed by atoms with van der Waals surface area (Å²) >= 11 is 2.08. The highest BCUT2D eigenvalue weighted by Crippen LogP contribution is 2.47. The van der Waals surface area contributed by atoms with Gasteiger partial charge in [-0.15, -0.1) is 11.8 Å². The van der Waals surface area contributed by atoms with Crippen LogP contribution in [0.25, 0.3) is 0 Å². The molecule has 3 rings (SSSR count). The third-order valence-corrected chi connectivity index (χ3v) is 5.63. The van der Waals surface area contributed by atoms with Gasteiger partial charge in [0.05, 0.1) is 0 Å². The van der Waals surface area contributed by atoms with Crippen LogP contribution in [-0.4, -0.2) is 11.3 Å². The Bertz CT molecular complexity index is 392. The Hall–Kier alpha value is -0.470. The van der Waals surface area contributed by atoms with E-state index in [1.54, 1.807) is 5.56 Å². The van der Waals surface area contributed by atoms with Crippen molar-refractivity contribution in [2.24, 2.45) is 11.1 Å². The summed E-state index contributed by atoms with van der Waals surface area (Å²) < 4.78 is 0. The number of rotatable bonds is 2. The predicted octanol–water partition coefficient (Wildman–Crippen LogP) is 3.61. The fraction of sp³-hybridized carbons (Fsp3) is 0.600. The van der Waals surface area contributed by atoms with Crippen molar-refractivity contribution >= 4 is 11.8 Å². The standard InChI is InChI=1S/C15H21NS/c1-15(7-6-12(16)9-15)10-13-8-11-4-2-3-5-14(11)17-13/h2-5,12-13H,6-10,16H2,1H3. The van der Waals surface area contributed by atoms with Gasteiger partial charge in [-0.25, -0.2) is 0 Å². The first kappa shape index (κ1) is 11.6. The van der Waals surface area contributed by atoms with Gasteiger partial charge in [0.1, 0.15) is 0 Å². The van der Waals surface area contributed by atoms with E-state index in [1.807, 2.05) is 0 Å². The molecule has 0 aromatic heterocycles. The molecule has 1 aromatic rings. The molecule has 0 amide bonds. The maximum atomic E-state index is 6.06. The van der Waals surface area contributed by atoms with Gasteiger partial charge in [-0.1, -0.05) is 25.1 Å². The van der Waals surface area contributed by atoms with Gasteiger partial charge in [-0.05, 0) is 49.1 Å². The number of thioether (sulfide) groups is 1. The summed E-state index contributed by atoms with van der Waals surface area (Å²) in [7, 11) is 0. The highest BCUT2D eigenvalue weighted by Gasteiger charge is 2.37. The minimum atomic E-state index is 0.453. The topological polar surface area (TPSA) is 26.0 Å². The van der Waals surface area contributed by atoms with Gasteiger partial charge in [0.25, 0.3) is 0 Å². The van der Waals surface area contributed by atoms with Crippen LogP contribution in [0.5, 0.6) is 0 Å². The summed E-state index contributed by atoms with van der Waals surface area (Å²) in [4.78, 5) is 1.50. The van der Waals surface area contributed by atoms with Gasteiger partial charge >= 0.3 is 0 Å². The van der Waals surface area contributed by atoms with Crippen molar-refractivity contribution < 1.29 is 0 Å². The lowest BCUT2D eigenvalue weighted by Gasteiger charge is -2.26. The molecule has 2 heteroatoms. The van der Waals surface area contributed by atoms with Gasteiger partial charge in [-0.3, -0.25) is 0 Å². The van der Waals surface area contributed by atoms with Crippen LogP contribution in [0, 0.1) is 5.41 Å². The maximum Gasteiger partial charge on any atom is 0.0140 e. The Morgan fingerprint density at radius 3 is 2.94 bits per heavy atom. The minimum Gasteiger partial charge on any atom is -0.328 e. The molecule has 3 atom stereocenters. The lowest BCUT2D eigenvalue weighted by Crippen LogP contribution is -2.22. The zero-order valence-electron chi connectivity index (χ0n) is 10.5. The van der Waals surface area contributed by atoms with E-state index in [0.29, 0.717) is 11.5 Å². The van der Waals surface area contributed by atoms with Crippen molar-refractivity contribution in [3.05, 3.63) is 29.8 Å². The summed E-state index contributed by atoms with van der Waals surface area (Å²) in [5.74, 6) is 0. The Balaban J connectivity index is 1.66. The molecule has 1 aliphatic carbocycles. The third kappa shape index (κ3) is 2.38. The normalized spacial score (nSPS) is 36.1. The van der Waals surface area contributed by atoms with Crippen molar-refractivity contribution in [2.75, 3.05) is 0 Å². The van der Waals surface area contributed by atoms with Crippen LogP contribution in [0.15, 0.2) is 29.2 Å². The second kappa shape index (κ2) is 4.33. The number of benzene rings is 1. The Morgan fingerprint density at radius 1 is 1.41 bits per heavy atom. The van der Waals surface area contributed by atoms with Crippen LogP contribution >= 0.6 is 11.8 Å². The molecular formula is C15H21NS. The summed E-state index contributed by atoms with van der Waals surface area (Å²) in [5, 5.41) is 0.780. The number of hydrogen-bond donors (Lipinski definition) is 1. The molecule has 92 valence electrons. The molecule has 1 nitrogen and oxygen atoms in total. The first-order valence-corrected chi connectivity index (χ1v) is 7.53. The third-order valence-electron chi connectivity index (χ3n) is 4.31. The van der Waals surface area contributed by atoms with Crippen LogP contribution in [-0.2, 0) is 6.42 Å². The van der Waals surface area contributed by atoms with Gasteiger partial charge in [-0.2, -0.15) is 0 Å². The zero-order valence-corrected chi connectivity index (χ0v) is 11.3. The molecule has 0 spiro atoms. The second-order valence-corrected chi connectivity index (χ2v) is 7.41. The van der Waals surface area contributed by atoms with E-state index < -0.39 is 0 Å². The Labute approximate surface area is 108 Å². The van der Waals surface area contributed by atoms with Gasteiger partial charge < -0.3 is 5.73 Å². The number of hydrogen-bond acceptors (Lipinski definition) is 2. The molecule has 2 aliphatic rings. The average molecular weight is 247 g/mol. The highest BCUT2D eigenvalue weighted by atomic mass is 32.2. The number of nitrogens with two attached hydrogens (primary N) is 1. The van der Waals surface area contributed by atoms with Gasteiger partial charge in [0.2, 0.25) is 0 Å². The van der Waals surface area contributed by atoms with E-state index in [0.717, 1.165) is 5.25 Å². The minimum absolute atomic E-state index is 0.453. The van der Waals surface area contributed by atoms with Gasteiger partial charge in [0, 0.05) is 16.2 Å². The first-order valence-electron chi connectivity index (χ1n) is 6.65. The molecule has 0 bridgehead atoms. The monoisotopic (exact) mass is 247 g/mol. The molecule has 1 heterocycles.